The van der Waals surface area contributed by atoms with Gasteiger partial charge in [-0.25, -0.2) is 0 Å². The predicted molar refractivity (Wildman–Crippen MR) is 77.2 cm³/mol. The Kier molecular flexibility index (Phi) is 5.36. The molecule has 0 radical (unpaired) electrons. The average molecular weight is 282 g/mol. The zero-order valence-electron chi connectivity index (χ0n) is 11.3. The average Bonchev–Trinajstić information content (AvgIpc) is 3.07. The van der Waals surface area contributed by atoms with Crippen molar-refractivity contribution in [2.24, 2.45) is 0 Å². The summed E-state index contributed by atoms with van der Waals surface area (Å²) in [5.41, 5.74) is 0. The minimum atomic E-state index is -0.370. The number of carbonyl (C=O) groups excluding carboxylic acids is 1. The van der Waals surface area contributed by atoms with Gasteiger partial charge in [-0.2, -0.15) is 0 Å². The summed E-state index contributed by atoms with van der Waals surface area (Å²) in [6, 6.07) is 4.36. The molecule has 19 heavy (non-hydrogen) atoms. The maximum Gasteiger partial charge on any atom is 0.221 e. The minimum Gasteiger partial charge on any atom is -0.388 e. The number of carbonyl (C=O) groups is 1. The highest BCUT2D eigenvalue weighted by atomic mass is 32.1. The Balaban J connectivity index is 1.83. The number of hydrogen-bond acceptors (Lipinski definition) is 4. The molecule has 0 saturated carbocycles. The van der Waals surface area contributed by atoms with Crippen LogP contribution in [0.5, 0.6) is 0 Å². The van der Waals surface area contributed by atoms with E-state index >= 15 is 0 Å². The van der Waals surface area contributed by atoms with E-state index in [0.717, 1.165) is 37.2 Å². The van der Waals surface area contributed by atoms with Gasteiger partial charge in [-0.3, -0.25) is 9.69 Å². The summed E-state index contributed by atoms with van der Waals surface area (Å²) in [7, 11) is 1.67. The first-order valence-corrected chi connectivity index (χ1v) is 7.74. The van der Waals surface area contributed by atoms with Gasteiger partial charge in [0.1, 0.15) is 0 Å². The number of aliphatic hydroxyl groups is 1. The van der Waals surface area contributed by atoms with E-state index < -0.39 is 0 Å². The van der Waals surface area contributed by atoms with E-state index in [0.29, 0.717) is 12.5 Å². The third-order valence-electron chi connectivity index (χ3n) is 3.77. The molecule has 4 nitrogen and oxygen atoms in total. The number of aliphatic hydroxyl groups excluding tert-OH is 1. The van der Waals surface area contributed by atoms with Crippen molar-refractivity contribution < 1.29 is 9.90 Å². The van der Waals surface area contributed by atoms with Crippen molar-refractivity contribution >= 4 is 17.2 Å². The van der Waals surface area contributed by atoms with Crippen LogP contribution >= 0.6 is 11.3 Å². The van der Waals surface area contributed by atoms with Gasteiger partial charge in [0.15, 0.2) is 0 Å². The maximum absolute atomic E-state index is 11.3. The molecule has 106 valence electrons. The molecule has 2 atom stereocenters. The van der Waals surface area contributed by atoms with Crippen molar-refractivity contribution in [3.8, 4) is 0 Å². The van der Waals surface area contributed by atoms with E-state index in [4.69, 9.17) is 0 Å². The second-order valence-corrected chi connectivity index (χ2v) is 6.00. The van der Waals surface area contributed by atoms with Crippen LogP contribution in [0.3, 0.4) is 0 Å². The van der Waals surface area contributed by atoms with E-state index in [1.807, 2.05) is 17.5 Å². The number of hydrogen-bond donors (Lipinski definition) is 2. The topological polar surface area (TPSA) is 52.6 Å². The van der Waals surface area contributed by atoms with Crippen LogP contribution in [-0.2, 0) is 4.79 Å². The van der Waals surface area contributed by atoms with Crippen molar-refractivity contribution in [1.29, 1.82) is 0 Å². The third kappa shape index (κ3) is 4.03. The fourth-order valence-electron chi connectivity index (χ4n) is 2.68. The van der Waals surface area contributed by atoms with Crippen molar-refractivity contribution in [1.82, 2.24) is 10.2 Å². The molecular weight excluding hydrogens is 260 g/mol. The van der Waals surface area contributed by atoms with E-state index in [1.54, 1.807) is 18.4 Å². The second-order valence-electron chi connectivity index (χ2n) is 5.02. The molecule has 2 unspecified atom stereocenters. The number of amides is 1. The summed E-state index contributed by atoms with van der Waals surface area (Å²) >= 11 is 1.60. The Morgan fingerprint density at radius 2 is 2.53 bits per heavy atom. The number of rotatable bonds is 6. The number of nitrogens with zero attached hydrogens (tertiary/aromatic N) is 1. The molecular formula is C14H22N2O2S. The lowest BCUT2D eigenvalue weighted by Gasteiger charge is -2.25. The Labute approximate surface area is 118 Å². The van der Waals surface area contributed by atoms with Crippen molar-refractivity contribution in [2.45, 2.75) is 37.8 Å². The van der Waals surface area contributed by atoms with Gasteiger partial charge in [0, 0.05) is 30.9 Å². The van der Waals surface area contributed by atoms with Crippen LogP contribution in [0.25, 0.3) is 0 Å². The largest absolute Gasteiger partial charge is 0.388 e. The van der Waals surface area contributed by atoms with Gasteiger partial charge in [0.2, 0.25) is 5.91 Å². The lowest BCUT2D eigenvalue weighted by molar-refractivity contribution is -0.121. The predicted octanol–water partition coefficient (Wildman–Crippen LogP) is 1.77. The van der Waals surface area contributed by atoms with Crippen molar-refractivity contribution in [3.63, 3.8) is 0 Å². The molecule has 1 aromatic heterocycles. The van der Waals surface area contributed by atoms with Crippen LogP contribution in [0.4, 0.5) is 0 Å². The zero-order chi connectivity index (χ0) is 13.7. The van der Waals surface area contributed by atoms with E-state index in [2.05, 4.69) is 10.2 Å². The van der Waals surface area contributed by atoms with E-state index in [-0.39, 0.29) is 12.0 Å². The molecule has 1 fully saturated rings. The Bertz CT molecular complexity index is 394. The highest BCUT2D eigenvalue weighted by Crippen LogP contribution is 2.29. The van der Waals surface area contributed by atoms with Gasteiger partial charge < -0.3 is 10.4 Å². The Morgan fingerprint density at radius 1 is 1.68 bits per heavy atom. The highest BCUT2D eigenvalue weighted by molar-refractivity contribution is 7.10. The smallest absolute Gasteiger partial charge is 0.221 e. The van der Waals surface area contributed by atoms with Gasteiger partial charge >= 0.3 is 0 Å². The number of thiophene rings is 1. The molecule has 1 saturated heterocycles. The first kappa shape index (κ1) is 14.5. The van der Waals surface area contributed by atoms with Gasteiger partial charge in [0.05, 0.1) is 6.10 Å². The lowest BCUT2D eigenvalue weighted by atomic mass is 10.1. The molecule has 2 N–H and O–H groups in total. The first-order chi connectivity index (χ1) is 9.20. The number of nitrogens with one attached hydrogen (secondary N) is 1. The molecule has 2 rings (SSSR count). The molecule has 2 heterocycles. The summed E-state index contributed by atoms with van der Waals surface area (Å²) in [4.78, 5) is 14.7. The molecule has 5 heteroatoms. The van der Waals surface area contributed by atoms with E-state index in [9.17, 15) is 9.90 Å². The first-order valence-electron chi connectivity index (χ1n) is 6.87. The standard InChI is InChI=1S/C14H22N2O2S/c1-15-14(18)6-8-16-7-2-4-11(16)10-12(17)13-5-3-9-19-13/h3,5,9,11-12,17H,2,4,6-8,10H2,1H3,(H,15,18). The normalized spacial score (nSPS) is 21.5. The lowest BCUT2D eigenvalue weighted by Crippen LogP contribution is -2.34. The van der Waals surface area contributed by atoms with Crippen molar-refractivity contribution in [3.05, 3.63) is 22.4 Å². The summed E-state index contributed by atoms with van der Waals surface area (Å²) in [5, 5.41) is 14.9. The molecule has 0 aromatic carbocycles. The van der Waals surface area contributed by atoms with Crippen LogP contribution in [0.2, 0.25) is 0 Å². The van der Waals surface area contributed by atoms with Gasteiger partial charge in [0.25, 0.3) is 0 Å². The summed E-state index contributed by atoms with van der Waals surface area (Å²) in [6.45, 7) is 1.83. The van der Waals surface area contributed by atoms with Crippen LogP contribution in [0, 0.1) is 0 Å². The Hall–Kier alpha value is -0.910. The van der Waals surface area contributed by atoms with Crippen LogP contribution in [0.1, 0.15) is 36.7 Å². The van der Waals surface area contributed by atoms with Crippen molar-refractivity contribution in [2.75, 3.05) is 20.1 Å². The summed E-state index contributed by atoms with van der Waals surface area (Å²) < 4.78 is 0. The molecule has 1 aromatic rings. The Morgan fingerprint density at radius 3 is 3.21 bits per heavy atom. The summed E-state index contributed by atoms with van der Waals surface area (Å²) in [6.07, 6.45) is 3.23. The third-order valence-corrected chi connectivity index (χ3v) is 4.74. The van der Waals surface area contributed by atoms with Crippen LogP contribution in [-0.4, -0.2) is 42.1 Å². The van der Waals surface area contributed by atoms with Gasteiger partial charge in [-0.05, 0) is 37.3 Å². The SMILES string of the molecule is CNC(=O)CCN1CCCC1CC(O)c1cccs1. The fourth-order valence-corrected chi connectivity index (χ4v) is 3.41. The molecule has 1 amide bonds. The summed E-state index contributed by atoms with van der Waals surface area (Å²) in [5.74, 6) is 0.0875. The molecule has 0 spiro atoms. The van der Waals surface area contributed by atoms with Gasteiger partial charge in [-0.1, -0.05) is 6.07 Å². The number of likely N-dealkylation sites (tertiary alicyclic amines) is 1. The van der Waals surface area contributed by atoms with Crippen LogP contribution < -0.4 is 5.32 Å². The van der Waals surface area contributed by atoms with Crippen LogP contribution in [0.15, 0.2) is 17.5 Å². The molecule has 0 aliphatic carbocycles. The molecule has 1 aliphatic rings. The van der Waals surface area contributed by atoms with Gasteiger partial charge in [-0.15, -0.1) is 11.3 Å². The zero-order valence-corrected chi connectivity index (χ0v) is 12.2. The molecule has 1 aliphatic heterocycles. The quantitative estimate of drug-likeness (QED) is 0.836. The fraction of sp³-hybridized carbons (Fsp3) is 0.643. The maximum atomic E-state index is 11.3. The highest BCUT2D eigenvalue weighted by Gasteiger charge is 2.27. The minimum absolute atomic E-state index is 0.0875. The van der Waals surface area contributed by atoms with E-state index in [1.165, 1.54) is 0 Å². The second kappa shape index (κ2) is 7.03. The monoisotopic (exact) mass is 282 g/mol. The molecule has 0 bridgehead atoms.